The van der Waals surface area contributed by atoms with Crippen LogP contribution in [0.4, 0.5) is 0 Å². The topological polar surface area (TPSA) is 71.8 Å². The van der Waals surface area contributed by atoms with Crippen molar-refractivity contribution in [3.8, 4) is 5.75 Å². The van der Waals surface area contributed by atoms with Gasteiger partial charge in [0.2, 0.25) is 5.43 Å². The summed E-state index contributed by atoms with van der Waals surface area (Å²) in [6.07, 6.45) is 4.15. The number of carbonyl (C=O) groups is 1. The van der Waals surface area contributed by atoms with Crippen molar-refractivity contribution in [2.24, 2.45) is 0 Å². The third-order valence-electron chi connectivity index (χ3n) is 4.82. The molecule has 134 valence electrons. The van der Waals surface area contributed by atoms with Crippen LogP contribution in [0.5, 0.6) is 5.75 Å². The first-order valence-corrected chi connectivity index (χ1v) is 8.70. The molecule has 0 bridgehead atoms. The number of amides is 1. The Bertz CT molecular complexity index is 655. The van der Waals surface area contributed by atoms with Crippen molar-refractivity contribution in [1.29, 1.82) is 0 Å². The van der Waals surface area contributed by atoms with Crippen LogP contribution >= 0.6 is 0 Å². The number of fused-ring (bicyclic) bond motifs is 1. The van der Waals surface area contributed by atoms with Gasteiger partial charge in [-0.25, -0.2) is 0 Å². The molecule has 0 spiro atoms. The highest BCUT2D eigenvalue weighted by Gasteiger charge is 2.42. The van der Waals surface area contributed by atoms with Gasteiger partial charge in [-0.15, -0.1) is 0 Å². The predicted molar refractivity (Wildman–Crippen MR) is 92.6 cm³/mol. The average molecular weight is 336 g/mol. The minimum Gasteiger partial charge on any atom is -0.487 e. The van der Waals surface area contributed by atoms with Crippen LogP contribution in [0.2, 0.25) is 0 Å². The number of aliphatic hydroxyl groups is 1. The van der Waals surface area contributed by atoms with Crippen molar-refractivity contribution in [3.63, 3.8) is 0 Å². The maximum Gasteiger partial charge on any atom is 0.274 e. The summed E-state index contributed by atoms with van der Waals surface area (Å²) in [5.74, 6) is -0.108. The van der Waals surface area contributed by atoms with Gasteiger partial charge in [0.25, 0.3) is 5.91 Å². The van der Waals surface area contributed by atoms with Crippen molar-refractivity contribution in [2.75, 3.05) is 19.8 Å². The predicted octanol–water partition coefficient (Wildman–Crippen LogP) is 1.99. The number of carbonyl (C=O) groups excluding carboxylic acids is 1. The van der Waals surface area contributed by atoms with E-state index in [-0.39, 0.29) is 35.4 Å². The summed E-state index contributed by atoms with van der Waals surface area (Å²) in [7, 11) is 0. The monoisotopic (exact) mass is 336 g/mol. The van der Waals surface area contributed by atoms with Crippen LogP contribution in [-0.4, -0.2) is 46.3 Å². The van der Waals surface area contributed by atoms with Crippen LogP contribution in [0, 0.1) is 0 Å². The van der Waals surface area contributed by atoms with Gasteiger partial charge >= 0.3 is 0 Å². The van der Waals surface area contributed by atoms with E-state index in [1.807, 2.05) is 27.7 Å². The number of aliphatic hydroxyl groups excluding tert-OH is 1. The zero-order valence-corrected chi connectivity index (χ0v) is 15.0. The van der Waals surface area contributed by atoms with Gasteiger partial charge in [0, 0.05) is 24.8 Å². The number of nitrogens with zero attached hydrogens (tertiary/aromatic N) is 2. The highest BCUT2D eigenvalue weighted by atomic mass is 16.5. The van der Waals surface area contributed by atoms with E-state index in [0.717, 1.165) is 19.3 Å². The van der Waals surface area contributed by atoms with E-state index in [9.17, 15) is 14.7 Å². The molecule has 2 heterocycles. The van der Waals surface area contributed by atoms with E-state index < -0.39 is 5.54 Å². The molecule has 1 N–H and O–H groups in total. The number of aromatic nitrogens is 1. The second-order valence-corrected chi connectivity index (χ2v) is 6.78. The van der Waals surface area contributed by atoms with Crippen LogP contribution < -0.4 is 10.2 Å². The summed E-state index contributed by atoms with van der Waals surface area (Å²) in [5, 5.41) is 9.95. The molecule has 2 rings (SSSR count). The van der Waals surface area contributed by atoms with E-state index in [0.29, 0.717) is 13.2 Å². The normalized spacial score (nSPS) is 21.5. The molecule has 6 heteroatoms. The second kappa shape index (κ2) is 7.38. The summed E-state index contributed by atoms with van der Waals surface area (Å²) in [5.41, 5.74) is -0.720. The maximum atomic E-state index is 13.0. The standard InChI is InChI=1S/C18H28N2O4/c1-5-7-10-24-16-14(22)8-9-20-15(16)17(23)19(13(3)6-2)11-18(20,4)12-21/h8-9,13,21H,5-7,10-12H2,1-4H3. The molecule has 0 saturated carbocycles. The van der Waals surface area contributed by atoms with Crippen LogP contribution in [0.1, 0.15) is 57.4 Å². The van der Waals surface area contributed by atoms with Crippen molar-refractivity contribution < 1.29 is 14.6 Å². The van der Waals surface area contributed by atoms with Crippen molar-refractivity contribution in [2.45, 2.75) is 58.5 Å². The number of hydrogen-bond acceptors (Lipinski definition) is 4. The Labute approximate surface area is 143 Å². The summed E-state index contributed by atoms with van der Waals surface area (Å²) in [6, 6.07) is 1.43. The van der Waals surface area contributed by atoms with Gasteiger partial charge in [0.1, 0.15) is 0 Å². The molecule has 1 aliphatic rings. The molecule has 0 radical (unpaired) electrons. The number of rotatable bonds is 7. The number of pyridine rings is 1. The molecule has 2 atom stereocenters. The first-order valence-electron chi connectivity index (χ1n) is 8.70. The van der Waals surface area contributed by atoms with E-state index >= 15 is 0 Å². The highest BCUT2D eigenvalue weighted by Crippen LogP contribution is 2.31. The molecular weight excluding hydrogens is 308 g/mol. The molecule has 2 unspecified atom stereocenters. The largest absolute Gasteiger partial charge is 0.487 e. The Morgan fingerprint density at radius 2 is 2.08 bits per heavy atom. The first kappa shape index (κ1) is 18.5. The fraction of sp³-hybridized carbons (Fsp3) is 0.667. The first-order chi connectivity index (χ1) is 11.4. The Kier molecular flexibility index (Phi) is 5.70. The van der Waals surface area contributed by atoms with Gasteiger partial charge in [0.15, 0.2) is 11.4 Å². The molecule has 1 amide bonds. The fourth-order valence-corrected chi connectivity index (χ4v) is 2.98. The minimum atomic E-state index is -0.677. The third-order valence-corrected chi connectivity index (χ3v) is 4.82. The summed E-state index contributed by atoms with van der Waals surface area (Å²) < 4.78 is 7.39. The Hall–Kier alpha value is -1.82. The smallest absolute Gasteiger partial charge is 0.274 e. The summed E-state index contributed by atoms with van der Waals surface area (Å²) in [4.78, 5) is 27.1. The molecule has 6 nitrogen and oxygen atoms in total. The molecule has 24 heavy (non-hydrogen) atoms. The van der Waals surface area contributed by atoms with E-state index in [1.54, 1.807) is 15.7 Å². The quantitative estimate of drug-likeness (QED) is 0.773. The van der Waals surface area contributed by atoms with Crippen LogP contribution in [0.25, 0.3) is 0 Å². The zero-order chi connectivity index (χ0) is 17.9. The number of ether oxygens (including phenoxy) is 1. The zero-order valence-electron chi connectivity index (χ0n) is 15.0. The lowest BCUT2D eigenvalue weighted by Gasteiger charge is -2.44. The van der Waals surface area contributed by atoms with Crippen LogP contribution in [0.15, 0.2) is 17.1 Å². The molecule has 1 aromatic rings. The summed E-state index contributed by atoms with van der Waals surface area (Å²) >= 11 is 0. The van der Waals surface area contributed by atoms with E-state index in [2.05, 4.69) is 0 Å². The van der Waals surface area contributed by atoms with Crippen molar-refractivity contribution in [3.05, 3.63) is 28.2 Å². The minimum absolute atomic E-state index is 0.0240. The average Bonchev–Trinajstić information content (AvgIpc) is 2.58. The lowest BCUT2D eigenvalue weighted by molar-refractivity contribution is 0.0319. The van der Waals surface area contributed by atoms with Gasteiger partial charge < -0.3 is 19.3 Å². The van der Waals surface area contributed by atoms with E-state index in [4.69, 9.17) is 4.74 Å². The Balaban J connectivity index is 2.58. The van der Waals surface area contributed by atoms with E-state index in [1.165, 1.54) is 6.07 Å². The molecule has 0 aliphatic carbocycles. The summed E-state index contributed by atoms with van der Waals surface area (Å²) in [6.45, 7) is 8.59. The molecular formula is C18H28N2O4. The fourth-order valence-electron chi connectivity index (χ4n) is 2.98. The molecule has 0 fully saturated rings. The van der Waals surface area contributed by atoms with Gasteiger partial charge in [-0.05, 0) is 26.7 Å². The Morgan fingerprint density at radius 1 is 1.38 bits per heavy atom. The Morgan fingerprint density at radius 3 is 2.67 bits per heavy atom. The van der Waals surface area contributed by atoms with Gasteiger partial charge in [-0.1, -0.05) is 20.3 Å². The van der Waals surface area contributed by atoms with Gasteiger partial charge in [0.05, 0.1) is 18.8 Å². The van der Waals surface area contributed by atoms with Crippen LogP contribution in [-0.2, 0) is 5.54 Å². The van der Waals surface area contributed by atoms with Crippen molar-refractivity contribution >= 4 is 5.91 Å². The number of hydrogen-bond donors (Lipinski definition) is 1. The third kappa shape index (κ3) is 3.20. The SMILES string of the molecule is CCCCOc1c2n(ccc1=O)C(C)(CO)CN(C(C)CC)C2=O. The number of unbranched alkanes of at least 4 members (excludes halogenated alkanes) is 1. The maximum absolute atomic E-state index is 13.0. The van der Waals surface area contributed by atoms with Crippen LogP contribution in [0.3, 0.4) is 0 Å². The van der Waals surface area contributed by atoms with Gasteiger partial charge in [-0.2, -0.15) is 0 Å². The molecule has 0 aromatic carbocycles. The lowest BCUT2D eigenvalue weighted by atomic mass is 9.95. The highest BCUT2D eigenvalue weighted by molar-refractivity contribution is 5.96. The van der Waals surface area contributed by atoms with Gasteiger partial charge in [-0.3, -0.25) is 9.59 Å². The second-order valence-electron chi connectivity index (χ2n) is 6.78. The molecule has 1 aliphatic heterocycles. The molecule has 0 saturated heterocycles. The van der Waals surface area contributed by atoms with Crippen molar-refractivity contribution in [1.82, 2.24) is 9.47 Å². The molecule has 1 aromatic heterocycles. The lowest BCUT2D eigenvalue weighted by Crippen LogP contribution is -2.57.